The highest BCUT2D eigenvalue weighted by Gasteiger charge is 2.13. The Hall–Kier alpha value is -2.56. The Labute approximate surface area is 126 Å². The molecule has 0 saturated heterocycles. The Morgan fingerprint density at radius 1 is 1.33 bits per heavy atom. The number of nitrogens with two attached hydrogens (primary N) is 3. The maximum Gasteiger partial charge on any atom is 0.124 e. The lowest BCUT2D eigenvalue weighted by Crippen LogP contribution is -2.31. The molecule has 1 rings (SSSR count). The molecule has 0 saturated carbocycles. The quantitative estimate of drug-likeness (QED) is 0.471. The Morgan fingerprint density at radius 2 is 1.95 bits per heavy atom. The highest BCUT2D eigenvalue weighted by molar-refractivity contribution is 5.69. The second kappa shape index (κ2) is 7.28. The Bertz CT molecular complexity index is 559. The van der Waals surface area contributed by atoms with Crippen LogP contribution in [0.1, 0.15) is 18.9 Å². The van der Waals surface area contributed by atoms with Crippen molar-refractivity contribution >= 4 is 5.70 Å². The standard InChI is InChI=1S/C16H24N4O/c1-4-7-11(2)20(3)14(16(18)19)10-13(17)12-8-5-6-9-15(12)21/h4-6,8-11,21H,1,7,17-19H2,2-3H3/b13-10-. The molecule has 0 heterocycles. The zero-order chi connectivity index (χ0) is 16.0. The van der Waals surface area contributed by atoms with E-state index in [0.717, 1.165) is 6.42 Å². The summed E-state index contributed by atoms with van der Waals surface area (Å²) in [6.07, 6.45) is 4.29. The number of phenols is 1. The van der Waals surface area contributed by atoms with Crippen LogP contribution < -0.4 is 17.2 Å². The van der Waals surface area contributed by atoms with Gasteiger partial charge >= 0.3 is 0 Å². The number of nitrogens with zero attached hydrogens (tertiary/aromatic N) is 1. The first-order chi connectivity index (χ1) is 9.88. The van der Waals surface area contributed by atoms with Gasteiger partial charge in [0.15, 0.2) is 0 Å². The van der Waals surface area contributed by atoms with Gasteiger partial charge < -0.3 is 27.2 Å². The summed E-state index contributed by atoms with van der Waals surface area (Å²) in [5, 5.41) is 9.84. The maximum absolute atomic E-state index is 9.84. The van der Waals surface area contributed by atoms with Gasteiger partial charge in [0, 0.05) is 24.4 Å². The molecule has 1 unspecified atom stereocenters. The van der Waals surface area contributed by atoms with Gasteiger partial charge in [0.2, 0.25) is 0 Å². The fraction of sp³-hybridized carbons (Fsp3) is 0.250. The van der Waals surface area contributed by atoms with Crippen molar-refractivity contribution in [1.82, 2.24) is 4.90 Å². The molecular formula is C16H24N4O. The zero-order valence-corrected chi connectivity index (χ0v) is 12.6. The molecule has 1 aromatic carbocycles. The minimum absolute atomic E-state index is 0.114. The molecule has 114 valence electrons. The summed E-state index contributed by atoms with van der Waals surface area (Å²) < 4.78 is 0. The summed E-state index contributed by atoms with van der Waals surface area (Å²) in [5.74, 6) is 0.287. The van der Waals surface area contributed by atoms with Gasteiger partial charge in [0.1, 0.15) is 11.6 Å². The second-order valence-corrected chi connectivity index (χ2v) is 4.94. The lowest BCUT2D eigenvalue weighted by Gasteiger charge is -2.28. The molecule has 0 amide bonds. The number of likely N-dealkylation sites (N-methyl/N-ethyl adjacent to an activating group) is 1. The summed E-state index contributed by atoms with van der Waals surface area (Å²) in [6.45, 7) is 5.77. The van der Waals surface area contributed by atoms with Crippen molar-refractivity contribution in [2.45, 2.75) is 19.4 Å². The highest BCUT2D eigenvalue weighted by atomic mass is 16.3. The second-order valence-electron chi connectivity index (χ2n) is 4.94. The van der Waals surface area contributed by atoms with E-state index in [4.69, 9.17) is 17.2 Å². The van der Waals surface area contributed by atoms with E-state index in [0.29, 0.717) is 17.0 Å². The van der Waals surface area contributed by atoms with Gasteiger partial charge in [-0.15, -0.1) is 6.58 Å². The molecule has 5 nitrogen and oxygen atoms in total. The van der Waals surface area contributed by atoms with Crippen LogP contribution in [0.4, 0.5) is 0 Å². The van der Waals surface area contributed by atoms with Crippen molar-refractivity contribution in [2.75, 3.05) is 7.05 Å². The van der Waals surface area contributed by atoms with E-state index in [1.165, 1.54) is 0 Å². The van der Waals surface area contributed by atoms with Gasteiger partial charge in [-0.1, -0.05) is 18.2 Å². The van der Waals surface area contributed by atoms with Crippen molar-refractivity contribution < 1.29 is 5.11 Å². The lowest BCUT2D eigenvalue weighted by atomic mass is 10.1. The maximum atomic E-state index is 9.84. The lowest BCUT2D eigenvalue weighted by molar-refractivity contribution is 0.331. The molecule has 0 aliphatic heterocycles. The zero-order valence-electron chi connectivity index (χ0n) is 12.6. The molecule has 0 aliphatic carbocycles. The van der Waals surface area contributed by atoms with E-state index in [2.05, 4.69) is 6.58 Å². The van der Waals surface area contributed by atoms with Crippen LogP contribution in [0.5, 0.6) is 5.75 Å². The SMILES string of the molecule is C=CCC(C)N(C)C(/C=C(\N)c1ccccc1O)=C(N)N. The first-order valence-corrected chi connectivity index (χ1v) is 6.73. The van der Waals surface area contributed by atoms with Crippen LogP contribution in [0, 0.1) is 0 Å². The largest absolute Gasteiger partial charge is 0.507 e. The number of rotatable bonds is 6. The fourth-order valence-corrected chi connectivity index (χ4v) is 1.97. The molecule has 0 aliphatic rings. The normalized spacial score (nSPS) is 12.6. The van der Waals surface area contributed by atoms with Gasteiger partial charge in [-0.25, -0.2) is 0 Å². The minimum atomic E-state index is 0.114. The molecule has 0 spiro atoms. The number of allylic oxidation sites excluding steroid dienone is 1. The third-order valence-corrected chi connectivity index (χ3v) is 3.35. The number of hydrogen-bond donors (Lipinski definition) is 4. The smallest absolute Gasteiger partial charge is 0.124 e. The summed E-state index contributed by atoms with van der Waals surface area (Å²) in [4.78, 5) is 1.93. The Balaban J connectivity index is 3.15. The van der Waals surface area contributed by atoms with E-state index >= 15 is 0 Å². The summed E-state index contributed by atoms with van der Waals surface area (Å²) in [7, 11) is 1.89. The molecule has 0 fully saturated rings. The molecule has 0 bridgehead atoms. The monoisotopic (exact) mass is 288 g/mol. The van der Waals surface area contributed by atoms with Crippen molar-refractivity contribution in [1.29, 1.82) is 0 Å². The number of aromatic hydroxyl groups is 1. The first kappa shape index (κ1) is 16.5. The molecule has 0 radical (unpaired) electrons. The number of benzene rings is 1. The molecule has 21 heavy (non-hydrogen) atoms. The van der Waals surface area contributed by atoms with Crippen molar-refractivity contribution in [3.8, 4) is 5.75 Å². The van der Waals surface area contributed by atoms with Crippen LogP contribution in [0.3, 0.4) is 0 Å². The van der Waals surface area contributed by atoms with Gasteiger partial charge in [0.25, 0.3) is 0 Å². The highest BCUT2D eigenvalue weighted by Crippen LogP contribution is 2.23. The van der Waals surface area contributed by atoms with Crippen LogP contribution in [0.2, 0.25) is 0 Å². The molecule has 1 aromatic rings. The molecular weight excluding hydrogens is 264 g/mol. The van der Waals surface area contributed by atoms with E-state index < -0.39 is 0 Å². The molecule has 7 N–H and O–H groups in total. The Kier molecular flexibility index (Phi) is 5.72. The van der Waals surface area contributed by atoms with E-state index in [9.17, 15) is 5.11 Å². The third kappa shape index (κ3) is 4.21. The Morgan fingerprint density at radius 3 is 2.48 bits per heavy atom. The van der Waals surface area contributed by atoms with Gasteiger partial charge in [-0.2, -0.15) is 0 Å². The van der Waals surface area contributed by atoms with Crippen LogP contribution in [-0.4, -0.2) is 23.1 Å². The van der Waals surface area contributed by atoms with Crippen molar-refractivity contribution in [2.24, 2.45) is 17.2 Å². The summed E-state index contributed by atoms with van der Waals surface area (Å²) >= 11 is 0. The predicted octanol–water partition coefficient (Wildman–Crippen LogP) is 1.67. The molecule has 5 heteroatoms. The van der Waals surface area contributed by atoms with Crippen LogP contribution in [0.25, 0.3) is 5.70 Å². The van der Waals surface area contributed by atoms with E-state index in [1.54, 1.807) is 30.3 Å². The summed E-state index contributed by atoms with van der Waals surface area (Å²) in [5.41, 5.74) is 19.1. The average molecular weight is 288 g/mol. The van der Waals surface area contributed by atoms with Gasteiger partial charge in [0.05, 0.1) is 5.70 Å². The topological polar surface area (TPSA) is 102 Å². The third-order valence-electron chi connectivity index (χ3n) is 3.35. The molecule has 1 atom stereocenters. The number of para-hydroxylation sites is 1. The average Bonchev–Trinajstić information content (AvgIpc) is 2.44. The van der Waals surface area contributed by atoms with Crippen molar-refractivity contribution in [3.05, 3.63) is 60.1 Å². The first-order valence-electron chi connectivity index (χ1n) is 6.73. The van der Waals surface area contributed by atoms with Crippen LogP contribution >= 0.6 is 0 Å². The van der Waals surface area contributed by atoms with E-state index in [-0.39, 0.29) is 17.6 Å². The van der Waals surface area contributed by atoms with E-state index in [1.807, 2.05) is 24.9 Å². The van der Waals surface area contributed by atoms with Gasteiger partial charge in [-0.3, -0.25) is 0 Å². The predicted molar refractivity (Wildman–Crippen MR) is 87.7 cm³/mol. The molecule has 0 aromatic heterocycles. The van der Waals surface area contributed by atoms with Crippen LogP contribution in [0.15, 0.2) is 54.5 Å². The number of hydrogen-bond acceptors (Lipinski definition) is 5. The summed E-state index contributed by atoms with van der Waals surface area (Å²) in [6, 6.07) is 7.02. The van der Waals surface area contributed by atoms with Crippen LogP contribution in [-0.2, 0) is 0 Å². The number of phenolic OH excluding ortho intramolecular Hbond substituents is 1. The minimum Gasteiger partial charge on any atom is -0.507 e. The van der Waals surface area contributed by atoms with Gasteiger partial charge in [-0.05, 0) is 31.6 Å². The van der Waals surface area contributed by atoms with Crippen molar-refractivity contribution in [3.63, 3.8) is 0 Å². The fourth-order valence-electron chi connectivity index (χ4n) is 1.97.